The first-order valence-corrected chi connectivity index (χ1v) is 5.63. The van der Waals surface area contributed by atoms with Crippen LogP contribution >= 0.6 is 11.3 Å². The Morgan fingerprint density at radius 1 is 1.25 bits per heavy atom. The highest BCUT2D eigenvalue weighted by atomic mass is 32.1. The van der Waals surface area contributed by atoms with Gasteiger partial charge in [0.25, 0.3) is 0 Å². The zero-order valence-corrected chi connectivity index (χ0v) is 9.08. The van der Waals surface area contributed by atoms with Gasteiger partial charge in [0.05, 0.1) is 6.20 Å². The number of aromatic hydroxyl groups is 1. The molecule has 0 spiro atoms. The molecule has 80 valence electrons. The van der Waals surface area contributed by atoms with Crippen LogP contribution in [0.25, 0.3) is 21.2 Å². The zero-order valence-electron chi connectivity index (χ0n) is 8.27. The third-order valence-corrected chi connectivity index (χ3v) is 3.45. The number of aromatic amines is 1. The molecule has 2 heterocycles. The summed E-state index contributed by atoms with van der Waals surface area (Å²) in [6, 6.07) is 5.73. The van der Waals surface area contributed by atoms with Gasteiger partial charge in [0.15, 0.2) is 0 Å². The van der Waals surface area contributed by atoms with Gasteiger partial charge in [-0.2, -0.15) is 5.10 Å². The predicted molar refractivity (Wildman–Crippen MR) is 65.5 cm³/mol. The fourth-order valence-electron chi connectivity index (χ4n) is 1.76. The predicted octanol–water partition coefficient (Wildman–Crippen LogP) is 2.58. The van der Waals surface area contributed by atoms with E-state index in [9.17, 15) is 5.11 Å². The summed E-state index contributed by atoms with van der Waals surface area (Å²) in [5, 5.41) is 19.4. The van der Waals surface area contributed by atoms with E-state index in [1.54, 1.807) is 17.5 Å². The van der Waals surface area contributed by atoms with Gasteiger partial charge in [-0.1, -0.05) is 0 Å². The minimum atomic E-state index is 0.256. The second kappa shape index (κ2) is 3.24. The van der Waals surface area contributed by atoms with Crippen LogP contribution in [0.15, 0.2) is 29.8 Å². The van der Waals surface area contributed by atoms with Crippen molar-refractivity contribution in [3.63, 3.8) is 0 Å². The Morgan fingerprint density at radius 3 is 2.88 bits per heavy atom. The molecule has 0 amide bonds. The summed E-state index contributed by atoms with van der Waals surface area (Å²) >= 11 is 1.60. The third-order valence-electron chi connectivity index (χ3n) is 2.57. The Balaban J connectivity index is 2.32. The molecule has 2 aromatic heterocycles. The number of hydrogen-bond acceptors (Lipinski definition) is 4. The minimum absolute atomic E-state index is 0.256. The molecule has 16 heavy (non-hydrogen) atoms. The number of nitrogens with one attached hydrogen (secondary N) is 1. The summed E-state index contributed by atoms with van der Waals surface area (Å²) in [5.41, 5.74) is 7.17. The van der Waals surface area contributed by atoms with E-state index in [1.807, 2.05) is 23.6 Å². The van der Waals surface area contributed by atoms with Gasteiger partial charge in [0.2, 0.25) is 0 Å². The number of nitrogens with two attached hydrogens (primary N) is 1. The minimum Gasteiger partial charge on any atom is -0.507 e. The van der Waals surface area contributed by atoms with Gasteiger partial charge in [-0.3, -0.25) is 5.10 Å². The number of thiophene rings is 1. The first-order valence-electron chi connectivity index (χ1n) is 4.76. The molecule has 0 radical (unpaired) electrons. The second-order valence-electron chi connectivity index (χ2n) is 3.49. The topological polar surface area (TPSA) is 74.9 Å². The van der Waals surface area contributed by atoms with Gasteiger partial charge in [-0.25, -0.2) is 0 Å². The fourth-order valence-corrected chi connectivity index (χ4v) is 2.55. The van der Waals surface area contributed by atoms with Crippen LogP contribution in [-0.4, -0.2) is 15.3 Å². The van der Waals surface area contributed by atoms with Gasteiger partial charge in [-0.05, 0) is 23.6 Å². The largest absolute Gasteiger partial charge is 0.507 e. The summed E-state index contributed by atoms with van der Waals surface area (Å²) < 4.78 is 1.06. The molecular formula is C11H9N3OS. The number of H-pyrrole nitrogens is 1. The molecule has 0 unspecified atom stereocenters. The number of fused-ring (bicyclic) bond motifs is 1. The smallest absolute Gasteiger partial charge is 0.132 e. The lowest BCUT2D eigenvalue weighted by Crippen LogP contribution is -1.87. The van der Waals surface area contributed by atoms with Crippen LogP contribution in [0, 0.1) is 0 Å². The van der Waals surface area contributed by atoms with Crippen LogP contribution in [-0.2, 0) is 0 Å². The van der Waals surface area contributed by atoms with Crippen molar-refractivity contribution < 1.29 is 5.11 Å². The number of nitrogens with zero attached hydrogens (tertiary/aromatic N) is 1. The second-order valence-corrected chi connectivity index (χ2v) is 4.44. The van der Waals surface area contributed by atoms with Crippen molar-refractivity contribution in [3.8, 4) is 16.9 Å². The molecule has 1 aromatic carbocycles. The van der Waals surface area contributed by atoms with Crippen LogP contribution in [0.2, 0.25) is 0 Å². The van der Waals surface area contributed by atoms with E-state index in [1.165, 1.54) is 0 Å². The highest BCUT2D eigenvalue weighted by Gasteiger charge is 2.12. The molecule has 0 saturated carbocycles. The van der Waals surface area contributed by atoms with E-state index in [2.05, 4.69) is 10.2 Å². The van der Waals surface area contributed by atoms with Crippen molar-refractivity contribution >= 4 is 27.2 Å². The molecule has 0 saturated heterocycles. The number of aromatic nitrogens is 2. The molecule has 0 fully saturated rings. The molecule has 0 aliphatic rings. The summed E-state index contributed by atoms with van der Waals surface area (Å²) in [7, 11) is 0. The third kappa shape index (κ3) is 1.18. The molecule has 0 bridgehead atoms. The highest BCUT2D eigenvalue weighted by Crippen LogP contribution is 2.39. The molecule has 4 nitrogen and oxygen atoms in total. The Labute approximate surface area is 95.3 Å². The standard InChI is InChI=1S/C11H9N3OS/c12-11-8(5-13-14-11)6-1-2-9-7(10(6)15)3-4-16-9/h1-5,15H,(H3,12,13,14). The lowest BCUT2D eigenvalue weighted by Gasteiger charge is -2.04. The Morgan fingerprint density at radius 2 is 2.12 bits per heavy atom. The Kier molecular flexibility index (Phi) is 1.87. The maximum Gasteiger partial charge on any atom is 0.132 e. The molecule has 5 heteroatoms. The van der Waals surface area contributed by atoms with E-state index >= 15 is 0 Å². The summed E-state index contributed by atoms with van der Waals surface area (Å²) in [5.74, 6) is 0.719. The van der Waals surface area contributed by atoms with Crippen LogP contribution in [0.5, 0.6) is 5.75 Å². The highest BCUT2D eigenvalue weighted by molar-refractivity contribution is 7.17. The van der Waals surface area contributed by atoms with E-state index in [0.717, 1.165) is 15.6 Å². The number of nitrogen functional groups attached to an aromatic ring is 1. The first-order chi connectivity index (χ1) is 7.77. The normalized spacial score (nSPS) is 11.0. The van der Waals surface area contributed by atoms with Crippen molar-refractivity contribution in [1.82, 2.24) is 10.2 Å². The maximum absolute atomic E-state index is 10.1. The molecule has 0 aliphatic heterocycles. The molecule has 4 N–H and O–H groups in total. The molecule has 0 atom stereocenters. The van der Waals surface area contributed by atoms with Crippen molar-refractivity contribution in [3.05, 3.63) is 29.8 Å². The van der Waals surface area contributed by atoms with Gasteiger partial charge in [0, 0.05) is 21.2 Å². The van der Waals surface area contributed by atoms with E-state index in [0.29, 0.717) is 11.4 Å². The van der Waals surface area contributed by atoms with Crippen LogP contribution < -0.4 is 5.73 Å². The van der Waals surface area contributed by atoms with Gasteiger partial charge in [-0.15, -0.1) is 11.3 Å². The van der Waals surface area contributed by atoms with Crippen LogP contribution in [0.4, 0.5) is 5.82 Å². The maximum atomic E-state index is 10.1. The molecular weight excluding hydrogens is 222 g/mol. The van der Waals surface area contributed by atoms with Crippen LogP contribution in [0.1, 0.15) is 0 Å². The van der Waals surface area contributed by atoms with Crippen molar-refractivity contribution in [2.45, 2.75) is 0 Å². The Hall–Kier alpha value is -2.01. The average Bonchev–Trinajstić information content (AvgIpc) is 2.88. The van der Waals surface area contributed by atoms with E-state index in [4.69, 9.17) is 5.73 Å². The number of phenolic OH excluding ortho intramolecular Hbond substituents is 1. The quantitative estimate of drug-likeness (QED) is 0.602. The van der Waals surface area contributed by atoms with Crippen molar-refractivity contribution in [1.29, 1.82) is 0 Å². The fraction of sp³-hybridized carbons (Fsp3) is 0. The summed E-state index contributed by atoms with van der Waals surface area (Å²) in [4.78, 5) is 0. The van der Waals surface area contributed by atoms with Gasteiger partial charge < -0.3 is 10.8 Å². The number of hydrogen-bond donors (Lipinski definition) is 3. The number of benzene rings is 1. The molecule has 3 aromatic rings. The summed E-state index contributed by atoms with van der Waals surface area (Å²) in [6.45, 7) is 0. The molecule has 0 aliphatic carbocycles. The van der Waals surface area contributed by atoms with E-state index < -0.39 is 0 Å². The number of phenols is 1. The average molecular weight is 231 g/mol. The van der Waals surface area contributed by atoms with Crippen LogP contribution in [0.3, 0.4) is 0 Å². The van der Waals surface area contributed by atoms with Crippen molar-refractivity contribution in [2.24, 2.45) is 0 Å². The number of anilines is 1. The van der Waals surface area contributed by atoms with Gasteiger partial charge in [0.1, 0.15) is 11.6 Å². The van der Waals surface area contributed by atoms with Crippen molar-refractivity contribution in [2.75, 3.05) is 5.73 Å². The SMILES string of the molecule is Nc1[nH]ncc1-c1ccc2sccc2c1O. The van der Waals surface area contributed by atoms with E-state index in [-0.39, 0.29) is 5.75 Å². The summed E-state index contributed by atoms with van der Waals surface area (Å²) in [6.07, 6.45) is 1.61. The Bertz CT molecular complexity index is 656. The lowest BCUT2D eigenvalue weighted by atomic mass is 10.1. The monoisotopic (exact) mass is 231 g/mol. The molecule has 3 rings (SSSR count). The lowest BCUT2D eigenvalue weighted by molar-refractivity contribution is 0.484. The first kappa shape index (κ1) is 9.23. The number of rotatable bonds is 1. The zero-order chi connectivity index (χ0) is 11.1. The van der Waals surface area contributed by atoms with Gasteiger partial charge >= 0.3 is 0 Å².